The van der Waals surface area contributed by atoms with Gasteiger partial charge in [0.15, 0.2) is 0 Å². The maximum atomic E-state index is 5.88. The van der Waals surface area contributed by atoms with Crippen LogP contribution >= 0.6 is 11.6 Å². The molecule has 0 amide bonds. The number of ether oxygens (including phenoxy) is 1. The van der Waals surface area contributed by atoms with Crippen LogP contribution in [-0.2, 0) is 4.74 Å². The van der Waals surface area contributed by atoms with Crippen LogP contribution in [0.4, 0.5) is 5.95 Å². The van der Waals surface area contributed by atoms with Gasteiger partial charge in [0.25, 0.3) is 0 Å². The predicted molar refractivity (Wildman–Crippen MR) is 84.5 cm³/mol. The first-order valence-electron chi connectivity index (χ1n) is 6.96. The van der Waals surface area contributed by atoms with Gasteiger partial charge < -0.3 is 10.1 Å². The van der Waals surface area contributed by atoms with Gasteiger partial charge in [-0.2, -0.15) is 5.10 Å². The average Bonchev–Trinajstić information content (AvgIpc) is 2.48. The van der Waals surface area contributed by atoms with Crippen molar-refractivity contribution in [2.75, 3.05) is 18.5 Å². The molecule has 0 bridgehead atoms. The third kappa shape index (κ3) is 5.28. The highest BCUT2D eigenvalue weighted by atomic mass is 35.5. The van der Waals surface area contributed by atoms with Crippen LogP contribution in [0.2, 0.25) is 5.02 Å². The average molecular weight is 307 g/mol. The van der Waals surface area contributed by atoms with E-state index in [-0.39, 0.29) is 6.10 Å². The maximum absolute atomic E-state index is 5.88. The van der Waals surface area contributed by atoms with E-state index < -0.39 is 0 Å². The summed E-state index contributed by atoms with van der Waals surface area (Å²) in [7, 11) is 0. The molecule has 1 N–H and O–H groups in total. The zero-order valence-corrected chi connectivity index (χ0v) is 13.0. The Hall–Kier alpha value is -1.72. The molecule has 0 spiro atoms. The number of hydrogen-bond donors (Lipinski definition) is 1. The Morgan fingerprint density at radius 1 is 1.24 bits per heavy atom. The van der Waals surface area contributed by atoms with Gasteiger partial charge in [-0.3, -0.25) is 0 Å². The Morgan fingerprint density at radius 3 is 2.71 bits per heavy atom. The quantitative estimate of drug-likeness (QED) is 0.794. The number of anilines is 1. The largest absolute Gasteiger partial charge is 0.379 e. The van der Waals surface area contributed by atoms with Crippen LogP contribution in [0.1, 0.15) is 20.3 Å². The van der Waals surface area contributed by atoms with Crippen LogP contribution in [0.5, 0.6) is 0 Å². The molecule has 112 valence electrons. The van der Waals surface area contributed by atoms with E-state index in [1.54, 1.807) is 6.20 Å². The van der Waals surface area contributed by atoms with Crippen molar-refractivity contribution in [3.05, 3.63) is 35.5 Å². The van der Waals surface area contributed by atoms with Crippen LogP contribution in [0.3, 0.4) is 0 Å². The molecule has 0 saturated heterocycles. The standard InChI is InChI=1S/C15H19ClN4O/c1-11(2)21-9-3-8-17-15-19-14(10-18-20-15)12-4-6-13(16)7-5-12/h4-7,10-11H,3,8-9H2,1-2H3,(H,17,19,20). The highest BCUT2D eigenvalue weighted by Crippen LogP contribution is 2.19. The van der Waals surface area contributed by atoms with E-state index in [1.807, 2.05) is 38.1 Å². The zero-order valence-electron chi connectivity index (χ0n) is 12.2. The Bertz CT molecular complexity index is 560. The fourth-order valence-corrected chi connectivity index (χ4v) is 1.86. The molecular formula is C15H19ClN4O. The van der Waals surface area contributed by atoms with Crippen molar-refractivity contribution in [2.45, 2.75) is 26.4 Å². The van der Waals surface area contributed by atoms with Gasteiger partial charge in [-0.15, -0.1) is 5.10 Å². The van der Waals surface area contributed by atoms with Gasteiger partial charge in [-0.05, 0) is 32.4 Å². The molecule has 21 heavy (non-hydrogen) atoms. The Kier molecular flexibility index (Phi) is 5.90. The number of nitrogens with zero attached hydrogens (tertiary/aromatic N) is 3. The summed E-state index contributed by atoms with van der Waals surface area (Å²) in [4.78, 5) is 4.44. The molecule has 1 aromatic heterocycles. The monoisotopic (exact) mass is 306 g/mol. The summed E-state index contributed by atoms with van der Waals surface area (Å²) in [5.74, 6) is 0.520. The second kappa shape index (κ2) is 7.90. The van der Waals surface area contributed by atoms with Gasteiger partial charge in [-0.1, -0.05) is 23.7 Å². The summed E-state index contributed by atoms with van der Waals surface area (Å²) >= 11 is 5.88. The minimum Gasteiger partial charge on any atom is -0.379 e. The van der Waals surface area contributed by atoms with Gasteiger partial charge in [0.2, 0.25) is 5.95 Å². The molecule has 6 heteroatoms. The van der Waals surface area contributed by atoms with Crippen molar-refractivity contribution < 1.29 is 4.74 Å². The summed E-state index contributed by atoms with van der Waals surface area (Å²) in [6.45, 7) is 5.51. The maximum Gasteiger partial charge on any atom is 0.243 e. The van der Waals surface area contributed by atoms with Crippen molar-refractivity contribution in [1.82, 2.24) is 15.2 Å². The van der Waals surface area contributed by atoms with Gasteiger partial charge in [0.05, 0.1) is 18.0 Å². The molecule has 2 rings (SSSR count). The molecule has 0 aliphatic heterocycles. The molecule has 5 nitrogen and oxygen atoms in total. The molecule has 0 atom stereocenters. The molecule has 0 fully saturated rings. The number of aromatic nitrogens is 3. The van der Waals surface area contributed by atoms with E-state index in [1.165, 1.54) is 0 Å². The number of hydrogen-bond acceptors (Lipinski definition) is 5. The molecule has 0 aliphatic carbocycles. The summed E-state index contributed by atoms with van der Waals surface area (Å²) < 4.78 is 5.48. The summed E-state index contributed by atoms with van der Waals surface area (Å²) in [5.41, 5.74) is 1.73. The number of rotatable bonds is 7. The summed E-state index contributed by atoms with van der Waals surface area (Å²) in [5, 5.41) is 11.8. The summed E-state index contributed by atoms with van der Waals surface area (Å²) in [6, 6.07) is 7.48. The van der Waals surface area contributed by atoms with Crippen LogP contribution in [0.25, 0.3) is 11.3 Å². The predicted octanol–water partition coefficient (Wildman–Crippen LogP) is 3.42. The second-order valence-corrected chi connectivity index (χ2v) is 5.31. The smallest absolute Gasteiger partial charge is 0.243 e. The number of benzene rings is 1. The van der Waals surface area contributed by atoms with E-state index in [4.69, 9.17) is 16.3 Å². The lowest BCUT2D eigenvalue weighted by atomic mass is 10.2. The van der Waals surface area contributed by atoms with Gasteiger partial charge in [0, 0.05) is 23.7 Å². The minimum atomic E-state index is 0.260. The fraction of sp³-hybridized carbons (Fsp3) is 0.400. The molecule has 1 heterocycles. The van der Waals surface area contributed by atoms with Crippen LogP contribution < -0.4 is 5.32 Å². The first-order chi connectivity index (χ1) is 10.1. The van der Waals surface area contributed by atoms with Gasteiger partial charge in [-0.25, -0.2) is 4.98 Å². The Labute approximate surface area is 129 Å². The highest BCUT2D eigenvalue weighted by Gasteiger charge is 2.03. The van der Waals surface area contributed by atoms with Crippen LogP contribution in [-0.4, -0.2) is 34.4 Å². The van der Waals surface area contributed by atoms with E-state index in [0.717, 1.165) is 30.8 Å². The van der Waals surface area contributed by atoms with E-state index in [0.29, 0.717) is 11.0 Å². The second-order valence-electron chi connectivity index (χ2n) is 4.87. The normalized spacial score (nSPS) is 10.9. The lowest BCUT2D eigenvalue weighted by Gasteiger charge is -2.08. The van der Waals surface area contributed by atoms with Crippen molar-refractivity contribution in [3.8, 4) is 11.3 Å². The van der Waals surface area contributed by atoms with Crippen molar-refractivity contribution in [1.29, 1.82) is 0 Å². The first kappa shape index (κ1) is 15.7. The molecule has 0 radical (unpaired) electrons. The number of halogens is 1. The third-order valence-corrected chi connectivity index (χ3v) is 3.01. The van der Waals surface area contributed by atoms with E-state index >= 15 is 0 Å². The SMILES string of the molecule is CC(C)OCCCNc1nncc(-c2ccc(Cl)cc2)n1. The van der Waals surface area contributed by atoms with Gasteiger partial charge >= 0.3 is 0 Å². The van der Waals surface area contributed by atoms with Crippen LogP contribution in [0.15, 0.2) is 30.5 Å². The highest BCUT2D eigenvalue weighted by molar-refractivity contribution is 6.30. The number of nitrogens with one attached hydrogen (secondary N) is 1. The molecule has 0 aliphatic rings. The minimum absolute atomic E-state index is 0.260. The third-order valence-electron chi connectivity index (χ3n) is 2.75. The van der Waals surface area contributed by atoms with Crippen molar-refractivity contribution in [2.24, 2.45) is 0 Å². The molecule has 0 unspecified atom stereocenters. The lowest BCUT2D eigenvalue weighted by Crippen LogP contribution is -2.11. The van der Waals surface area contributed by atoms with Crippen LogP contribution in [0, 0.1) is 0 Å². The molecular weight excluding hydrogens is 288 g/mol. The zero-order chi connectivity index (χ0) is 15.1. The first-order valence-corrected chi connectivity index (χ1v) is 7.34. The van der Waals surface area contributed by atoms with Crippen molar-refractivity contribution >= 4 is 17.5 Å². The topological polar surface area (TPSA) is 59.9 Å². The molecule has 0 saturated carbocycles. The van der Waals surface area contributed by atoms with E-state index in [2.05, 4.69) is 20.5 Å². The lowest BCUT2D eigenvalue weighted by molar-refractivity contribution is 0.0787. The Balaban J connectivity index is 1.90. The molecule has 2 aromatic rings. The van der Waals surface area contributed by atoms with Gasteiger partial charge in [0.1, 0.15) is 0 Å². The van der Waals surface area contributed by atoms with Crippen molar-refractivity contribution in [3.63, 3.8) is 0 Å². The Morgan fingerprint density at radius 2 is 2.00 bits per heavy atom. The van der Waals surface area contributed by atoms with E-state index in [9.17, 15) is 0 Å². The molecule has 1 aromatic carbocycles. The summed E-state index contributed by atoms with van der Waals surface area (Å²) in [6.07, 6.45) is 2.79. The fourth-order valence-electron chi connectivity index (χ4n) is 1.73.